The van der Waals surface area contributed by atoms with Gasteiger partial charge >= 0.3 is 6.18 Å². The third kappa shape index (κ3) is 1.91. The summed E-state index contributed by atoms with van der Waals surface area (Å²) in [5.41, 5.74) is 0.0494. The molecule has 6 heteroatoms. The first-order valence-corrected chi connectivity index (χ1v) is 4.53. The smallest absolute Gasteiger partial charge is 0.236 e. The molecule has 0 radical (unpaired) electrons. The number of aromatic nitrogens is 3. The van der Waals surface area contributed by atoms with Crippen LogP contribution in [0.15, 0.2) is 30.6 Å². The molecule has 0 N–H and O–H groups in total. The maximum atomic E-state index is 12.3. The van der Waals surface area contributed by atoms with Crippen molar-refractivity contribution in [2.24, 2.45) is 0 Å². The quantitative estimate of drug-likeness (QED) is 0.749. The predicted molar refractivity (Wildman–Crippen MR) is 51.1 cm³/mol. The van der Waals surface area contributed by atoms with Gasteiger partial charge in [0.1, 0.15) is 0 Å². The number of pyridine rings is 1. The highest BCUT2D eigenvalue weighted by Gasteiger charge is 2.30. The van der Waals surface area contributed by atoms with Gasteiger partial charge in [0.25, 0.3) is 0 Å². The van der Waals surface area contributed by atoms with Crippen molar-refractivity contribution in [2.45, 2.75) is 13.1 Å². The van der Waals surface area contributed by atoms with Crippen LogP contribution in [0.3, 0.4) is 0 Å². The highest BCUT2D eigenvalue weighted by molar-refractivity contribution is 5.27. The number of alkyl halides is 3. The first kappa shape index (κ1) is 10.7. The highest BCUT2D eigenvalue weighted by Crippen LogP contribution is 2.28. The lowest BCUT2D eigenvalue weighted by atomic mass is 10.3. The van der Waals surface area contributed by atoms with Crippen molar-refractivity contribution in [1.29, 1.82) is 0 Å². The Kier molecular flexibility index (Phi) is 2.41. The third-order valence-corrected chi connectivity index (χ3v) is 2.12. The summed E-state index contributed by atoms with van der Waals surface area (Å²) in [6, 6.07) is 4.03. The number of nitrogens with zero attached hydrogens (tertiary/aromatic N) is 3. The molecule has 16 heavy (non-hydrogen) atoms. The Bertz CT molecular complexity index is 485. The van der Waals surface area contributed by atoms with Crippen LogP contribution >= 0.6 is 0 Å². The topological polar surface area (TPSA) is 30.7 Å². The molecule has 2 aromatic rings. The van der Waals surface area contributed by atoms with Gasteiger partial charge in [0.15, 0.2) is 5.82 Å². The van der Waals surface area contributed by atoms with Crippen LogP contribution in [0.2, 0.25) is 0 Å². The van der Waals surface area contributed by atoms with E-state index in [0.717, 1.165) is 18.0 Å². The second kappa shape index (κ2) is 3.62. The second-order valence-corrected chi connectivity index (χ2v) is 3.29. The van der Waals surface area contributed by atoms with E-state index in [4.69, 9.17) is 0 Å². The fourth-order valence-corrected chi connectivity index (χ4v) is 1.29. The molecule has 2 rings (SSSR count). The molecule has 0 atom stereocenters. The molecular formula is C10H8F3N3. The summed E-state index contributed by atoms with van der Waals surface area (Å²) in [7, 11) is 0. The van der Waals surface area contributed by atoms with Crippen LogP contribution in [-0.2, 0) is 6.18 Å². The minimum Gasteiger partial charge on any atom is -0.236 e. The van der Waals surface area contributed by atoms with Gasteiger partial charge in [-0.15, -0.1) is 0 Å². The lowest BCUT2D eigenvalue weighted by Crippen LogP contribution is -2.07. The van der Waals surface area contributed by atoms with Gasteiger partial charge < -0.3 is 0 Å². The Morgan fingerprint density at radius 2 is 1.94 bits per heavy atom. The SMILES string of the molecule is Cc1ccnn1-c1ccc(C(F)(F)F)cn1. The Labute approximate surface area is 89.5 Å². The van der Waals surface area contributed by atoms with Crippen molar-refractivity contribution in [1.82, 2.24) is 14.8 Å². The van der Waals surface area contributed by atoms with Gasteiger partial charge in [0.2, 0.25) is 0 Å². The van der Waals surface area contributed by atoms with Crippen molar-refractivity contribution in [3.8, 4) is 5.82 Å². The molecule has 0 unspecified atom stereocenters. The Hall–Kier alpha value is -1.85. The van der Waals surface area contributed by atoms with Crippen molar-refractivity contribution >= 4 is 0 Å². The van der Waals surface area contributed by atoms with Crippen LogP contribution < -0.4 is 0 Å². The minimum absolute atomic E-state index is 0.371. The molecule has 0 amide bonds. The van der Waals surface area contributed by atoms with E-state index in [1.54, 1.807) is 19.2 Å². The Morgan fingerprint density at radius 3 is 2.38 bits per heavy atom. The first-order chi connectivity index (χ1) is 7.48. The molecule has 0 aromatic carbocycles. The third-order valence-electron chi connectivity index (χ3n) is 2.12. The van der Waals surface area contributed by atoms with Gasteiger partial charge in [-0.3, -0.25) is 0 Å². The molecule has 0 aliphatic heterocycles. The van der Waals surface area contributed by atoms with Crippen molar-refractivity contribution in [3.05, 3.63) is 41.9 Å². The van der Waals surface area contributed by atoms with Gasteiger partial charge in [-0.05, 0) is 25.1 Å². The molecular weight excluding hydrogens is 219 g/mol. The molecule has 0 aliphatic rings. The molecule has 0 saturated heterocycles. The lowest BCUT2D eigenvalue weighted by Gasteiger charge is -2.07. The molecule has 0 aliphatic carbocycles. The molecule has 2 aromatic heterocycles. The second-order valence-electron chi connectivity index (χ2n) is 3.29. The summed E-state index contributed by atoms with van der Waals surface area (Å²) in [4.78, 5) is 3.73. The maximum absolute atomic E-state index is 12.3. The van der Waals surface area contributed by atoms with E-state index in [9.17, 15) is 13.2 Å². The standard InChI is InChI=1S/C10H8F3N3/c1-7-4-5-15-16(7)9-3-2-8(6-14-9)10(11,12)13/h2-6H,1H3. The number of hydrogen-bond donors (Lipinski definition) is 0. The van der Waals surface area contributed by atoms with Gasteiger partial charge in [-0.25, -0.2) is 9.67 Å². The zero-order chi connectivity index (χ0) is 11.8. The summed E-state index contributed by atoms with van der Waals surface area (Å²) in [6.07, 6.45) is -1.99. The zero-order valence-electron chi connectivity index (χ0n) is 8.36. The molecule has 84 valence electrons. The van der Waals surface area contributed by atoms with E-state index in [-0.39, 0.29) is 0 Å². The van der Waals surface area contributed by atoms with Crippen LogP contribution in [0.1, 0.15) is 11.3 Å². The summed E-state index contributed by atoms with van der Waals surface area (Å²) >= 11 is 0. The number of rotatable bonds is 1. The van der Waals surface area contributed by atoms with Crippen LogP contribution in [0.5, 0.6) is 0 Å². The first-order valence-electron chi connectivity index (χ1n) is 4.53. The summed E-state index contributed by atoms with van der Waals surface area (Å²) < 4.78 is 38.3. The molecule has 0 bridgehead atoms. The summed E-state index contributed by atoms with van der Waals surface area (Å²) in [5.74, 6) is 0.371. The predicted octanol–water partition coefficient (Wildman–Crippen LogP) is 2.59. The largest absolute Gasteiger partial charge is 0.417 e. The maximum Gasteiger partial charge on any atom is 0.417 e. The average molecular weight is 227 g/mol. The summed E-state index contributed by atoms with van der Waals surface area (Å²) in [5, 5.41) is 3.95. The van der Waals surface area contributed by atoms with Crippen LogP contribution in [-0.4, -0.2) is 14.8 Å². The van der Waals surface area contributed by atoms with Crippen LogP contribution in [0.25, 0.3) is 5.82 Å². The van der Waals surface area contributed by atoms with E-state index in [2.05, 4.69) is 10.1 Å². The molecule has 0 saturated carbocycles. The average Bonchev–Trinajstić information content (AvgIpc) is 2.63. The fourth-order valence-electron chi connectivity index (χ4n) is 1.29. The van der Waals surface area contributed by atoms with E-state index in [0.29, 0.717) is 5.82 Å². The number of hydrogen-bond acceptors (Lipinski definition) is 2. The zero-order valence-corrected chi connectivity index (χ0v) is 8.36. The molecule has 3 nitrogen and oxygen atoms in total. The van der Waals surface area contributed by atoms with E-state index >= 15 is 0 Å². The summed E-state index contributed by atoms with van der Waals surface area (Å²) in [6.45, 7) is 1.80. The van der Waals surface area contributed by atoms with E-state index in [1.165, 1.54) is 10.7 Å². The van der Waals surface area contributed by atoms with Gasteiger partial charge in [-0.2, -0.15) is 18.3 Å². The molecule has 2 heterocycles. The van der Waals surface area contributed by atoms with Crippen LogP contribution in [0, 0.1) is 6.92 Å². The monoisotopic (exact) mass is 227 g/mol. The van der Waals surface area contributed by atoms with Gasteiger partial charge in [0.05, 0.1) is 5.56 Å². The normalized spacial score (nSPS) is 11.8. The fraction of sp³-hybridized carbons (Fsp3) is 0.200. The van der Waals surface area contributed by atoms with Gasteiger partial charge in [-0.1, -0.05) is 0 Å². The Balaban J connectivity index is 2.37. The van der Waals surface area contributed by atoms with Crippen molar-refractivity contribution < 1.29 is 13.2 Å². The Morgan fingerprint density at radius 1 is 1.19 bits per heavy atom. The molecule has 0 fully saturated rings. The van der Waals surface area contributed by atoms with Crippen molar-refractivity contribution in [3.63, 3.8) is 0 Å². The number of halogens is 3. The lowest BCUT2D eigenvalue weighted by molar-refractivity contribution is -0.137. The molecule has 0 spiro atoms. The number of aryl methyl sites for hydroxylation is 1. The highest BCUT2D eigenvalue weighted by atomic mass is 19.4. The van der Waals surface area contributed by atoms with Crippen molar-refractivity contribution in [2.75, 3.05) is 0 Å². The minimum atomic E-state index is -4.36. The van der Waals surface area contributed by atoms with E-state index < -0.39 is 11.7 Å². The van der Waals surface area contributed by atoms with E-state index in [1.807, 2.05) is 0 Å². The van der Waals surface area contributed by atoms with Gasteiger partial charge in [0, 0.05) is 18.1 Å². The van der Waals surface area contributed by atoms with Crippen LogP contribution in [0.4, 0.5) is 13.2 Å².